The minimum atomic E-state index is -0.987. The van der Waals surface area contributed by atoms with Gasteiger partial charge in [-0.1, -0.05) is 12.1 Å². The summed E-state index contributed by atoms with van der Waals surface area (Å²) in [5, 5.41) is 17.3. The molecule has 1 unspecified atom stereocenters. The highest BCUT2D eigenvalue weighted by atomic mass is 16.6. The highest BCUT2D eigenvalue weighted by Crippen LogP contribution is 2.14. The first-order valence-corrected chi connectivity index (χ1v) is 4.44. The third kappa shape index (κ3) is 4.28. The van der Waals surface area contributed by atoms with Gasteiger partial charge in [-0.05, 0) is 30.7 Å². The normalized spacial score (nSPS) is 12.7. The van der Waals surface area contributed by atoms with Crippen LogP contribution in [0.1, 0.15) is 12.5 Å². The van der Waals surface area contributed by atoms with Crippen molar-refractivity contribution in [2.24, 2.45) is 0 Å². The molecule has 80 valence electrons. The molecule has 0 heterocycles. The Bertz CT molecular complexity index is 351. The average molecular weight is 208 g/mol. The summed E-state index contributed by atoms with van der Waals surface area (Å²) in [6, 6.07) is 6.73. The monoisotopic (exact) mass is 208 g/mol. The molecule has 1 aromatic carbocycles. The van der Waals surface area contributed by atoms with E-state index in [1.807, 2.05) is 0 Å². The Balaban J connectivity index is 2.68. The van der Waals surface area contributed by atoms with Crippen molar-refractivity contribution in [3.8, 4) is 5.75 Å². The summed E-state index contributed by atoms with van der Waals surface area (Å²) < 4.78 is 5.01. The van der Waals surface area contributed by atoms with Gasteiger partial charge in [-0.3, -0.25) is 0 Å². The van der Waals surface area contributed by atoms with Gasteiger partial charge < -0.3 is 14.9 Å². The van der Waals surface area contributed by atoms with Crippen LogP contribution >= 0.6 is 0 Å². The van der Waals surface area contributed by atoms with E-state index in [1.165, 1.54) is 13.0 Å². The lowest BCUT2D eigenvalue weighted by Crippen LogP contribution is -2.09. The Morgan fingerprint density at radius 2 is 2.00 bits per heavy atom. The molecule has 0 fully saturated rings. The standard InChI is InChI=1S/C11H12O4/c1-8(12)15-10-5-2-9(3-6-10)4-7-11(13)14/h2-8,12H,1H3,(H,13,14). The van der Waals surface area contributed by atoms with Crippen LogP contribution in [0.4, 0.5) is 0 Å². The molecule has 0 bridgehead atoms. The van der Waals surface area contributed by atoms with E-state index in [-0.39, 0.29) is 0 Å². The molecule has 1 rings (SSSR count). The largest absolute Gasteiger partial charge is 0.478 e. The SMILES string of the molecule is CC(O)Oc1ccc(C=CC(=O)O)cc1. The van der Waals surface area contributed by atoms with Crippen LogP contribution in [0.3, 0.4) is 0 Å². The molecule has 0 aliphatic carbocycles. The van der Waals surface area contributed by atoms with Gasteiger partial charge in [0.1, 0.15) is 5.75 Å². The zero-order valence-corrected chi connectivity index (χ0v) is 8.25. The molecular weight excluding hydrogens is 196 g/mol. The Morgan fingerprint density at radius 3 is 2.47 bits per heavy atom. The first-order valence-electron chi connectivity index (χ1n) is 4.44. The summed E-state index contributed by atoms with van der Waals surface area (Å²) in [7, 11) is 0. The summed E-state index contributed by atoms with van der Waals surface area (Å²) in [5.74, 6) is -0.447. The highest BCUT2D eigenvalue weighted by molar-refractivity contribution is 5.85. The molecule has 0 radical (unpaired) electrons. The fourth-order valence-corrected chi connectivity index (χ4v) is 1.02. The second kappa shape index (κ2) is 5.17. The molecule has 1 aromatic rings. The number of carboxylic acids is 1. The van der Waals surface area contributed by atoms with Gasteiger partial charge in [0.15, 0.2) is 6.29 Å². The van der Waals surface area contributed by atoms with Crippen molar-refractivity contribution in [1.82, 2.24) is 0 Å². The van der Waals surface area contributed by atoms with Gasteiger partial charge in [0.05, 0.1) is 0 Å². The molecule has 0 amide bonds. The number of hydrogen-bond acceptors (Lipinski definition) is 3. The minimum absolute atomic E-state index is 0.539. The van der Waals surface area contributed by atoms with Gasteiger partial charge in [-0.25, -0.2) is 4.79 Å². The van der Waals surface area contributed by atoms with Crippen molar-refractivity contribution in [1.29, 1.82) is 0 Å². The Morgan fingerprint density at radius 1 is 1.40 bits per heavy atom. The lowest BCUT2D eigenvalue weighted by molar-refractivity contribution is -0.131. The molecule has 1 atom stereocenters. The number of rotatable bonds is 4. The van der Waals surface area contributed by atoms with Crippen molar-refractivity contribution >= 4 is 12.0 Å². The van der Waals surface area contributed by atoms with Gasteiger partial charge in [-0.15, -0.1) is 0 Å². The van der Waals surface area contributed by atoms with Gasteiger partial charge in [0.25, 0.3) is 0 Å². The first-order chi connectivity index (χ1) is 7.08. The molecular formula is C11H12O4. The maximum absolute atomic E-state index is 10.2. The minimum Gasteiger partial charge on any atom is -0.478 e. The molecule has 0 aliphatic heterocycles. The molecule has 0 spiro atoms. The molecule has 4 nitrogen and oxygen atoms in total. The quantitative estimate of drug-likeness (QED) is 0.581. The lowest BCUT2D eigenvalue weighted by atomic mass is 10.2. The fraction of sp³-hybridized carbons (Fsp3) is 0.182. The van der Waals surface area contributed by atoms with Crippen LogP contribution in [0.2, 0.25) is 0 Å². The van der Waals surface area contributed by atoms with Crippen molar-refractivity contribution in [2.75, 3.05) is 0 Å². The van der Waals surface area contributed by atoms with E-state index in [2.05, 4.69) is 0 Å². The third-order valence-corrected chi connectivity index (χ3v) is 1.61. The first kappa shape index (κ1) is 11.3. The van der Waals surface area contributed by atoms with Crippen LogP contribution in [0.5, 0.6) is 5.75 Å². The Hall–Kier alpha value is -1.81. The van der Waals surface area contributed by atoms with Crippen molar-refractivity contribution in [3.05, 3.63) is 35.9 Å². The van der Waals surface area contributed by atoms with Crippen LogP contribution in [-0.4, -0.2) is 22.5 Å². The van der Waals surface area contributed by atoms with Gasteiger partial charge in [-0.2, -0.15) is 0 Å². The van der Waals surface area contributed by atoms with E-state index < -0.39 is 12.3 Å². The summed E-state index contributed by atoms with van der Waals surface area (Å²) in [6.45, 7) is 1.51. The third-order valence-electron chi connectivity index (χ3n) is 1.61. The van der Waals surface area contributed by atoms with Crippen LogP contribution < -0.4 is 4.74 Å². The van der Waals surface area contributed by atoms with E-state index >= 15 is 0 Å². The van der Waals surface area contributed by atoms with Gasteiger partial charge in [0, 0.05) is 6.08 Å². The second-order valence-electron chi connectivity index (χ2n) is 2.96. The molecule has 0 saturated heterocycles. The Kier molecular flexibility index (Phi) is 3.88. The summed E-state index contributed by atoms with van der Waals surface area (Å²) in [5.41, 5.74) is 0.760. The predicted molar refractivity (Wildman–Crippen MR) is 55.4 cm³/mol. The van der Waals surface area contributed by atoms with Crippen LogP contribution in [0, 0.1) is 0 Å². The molecule has 4 heteroatoms. The fourth-order valence-electron chi connectivity index (χ4n) is 1.02. The lowest BCUT2D eigenvalue weighted by Gasteiger charge is -2.07. The number of ether oxygens (including phenoxy) is 1. The van der Waals surface area contributed by atoms with Crippen LogP contribution in [-0.2, 0) is 4.79 Å². The molecule has 0 saturated carbocycles. The number of aliphatic hydroxyl groups excluding tert-OH is 1. The molecule has 0 aliphatic rings. The maximum atomic E-state index is 10.2. The van der Waals surface area contributed by atoms with Crippen molar-refractivity contribution in [3.63, 3.8) is 0 Å². The topological polar surface area (TPSA) is 66.8 Å². The number of hydrogen-bond donors (Lipinski definition) is 2. The van der Waals surface area contributed by atoms with Crippen molar-refractivity contribution in [2.45, 2.75) is 13.2 Å². The number of aliphatic hydroxyl groups is 1. The zero-order chi connectivity index (χ0) is 11.3. The van der Waals surface area contributed by atoms with E-state index in [9.17, 15) is 4.79 Å². The summed E-state index contributed by atoms with van der Waals surface area (Å²) in [6.07, 6.45) is 1.68. The highest BCUT2D eigenvalue weighted by Gasteiger charge is 1.97. The molecule has 15 heavy (non-hydrogen) atoms. The smallest absolute Gasteiger partial charge is 0.328 e. The number of carboxylic acid groups (broad SMARTS) is 1. The van der Waals surface area contributed by atoms with E-state index in [1.54, 1.807) is 24.3 Å². The average Bonchev–Trinajstić information content (AvgIpc) is 2.16. The van der Waals surface area contributed by atoms with E-state index in [4.69, 9.17) is 14.9 Å². The van der Waals surface area contributed by atoms with Crippen molar-refractivity contribution < 1.29 is 19.7 Å². The summed E-state index contributed by atoms with van der Waals surface area (Å²) in [4.78, 5) is 10.2. The molecule has 0 aromatic heterocycles. The predicted octanol–water partition coefficient (Wildman–Crippen LogP) is 1.50. The van der Waals surface area contributed by atoms with Crippen LogP contribution in [0.25, 0.3) is 6.08 Å². The molecule has 2 N–H and O–H groups in total. The van der Waals surface area contributed by atoms with Crippen LogP contribution in [0.15, 0.2) is 30.3 Å². The second-order valence-corrected chi connectivity index (χ2v) is 2.96. The number of benzene rings is 1. The Labute approximate surface area is 87.4 Å². The zero-order valence-electron chi connectivity index (χ0n) is 8.25. The number of aliphatic carboxylic acids is 1. The van der Waals surface area contributed by atoms with Gasteiger partial charge in [0.2, 0.25) is 0 Å². The van der Waals surface area contributed by atoms with E-state index in [0.29, 0.717) is 5.75 Å². The maximum Gasteiger partial charge on any atom is 0.328 e. The summed E-state index contributed by atoms with van der Waals surface area (Å²) >= 11 is 0. The van der Waals surface area contributed by atoms with E-state index in [0.717, 1.165) is 11.6 Å². The number of carbonyl (C=O) groups is 1. The van der Waals surface area contributed by atoms with Gasteiger partial charge >= 0.3 is 5.97 Å².